The van der Waals surface area contributed by atoms with Crippen molar-refractivity contribution in [2.45, 2.75) is 6.73 Å². The number of hydrogen-bond acceptors (Lipinski definition) is 3. The van der Waals surface area contributed by atoms with Crippen LogP contribution in [0.2, 0.25) is 5.02 Å². The molecule has 0 saturated heterocycles. The Morgan fingerprint density at radius 1 is 1.28 bits per heavy atom. The molecule has 1 aromatic heterocycles. The summed E-state index contributed by atoms with van der Waals surface area (Å²) in [6, 6.07) is 12.9. The Hall–Kier alpha value is -2.38. The second kappa shape index (κ2) is 7.67. The quantitative estimate of drug-likeness (QED) is 0.644. The molecule has 25 heavy (non-hydrogen) atoms. The van der Waals surface area contributed by atoms with Crippen LogP contribution in [0.25, 0.3) is 0 Å². The highest BCUT2D eigenvalue weighted by Gasteiger charge is 2.13. The molecule has 128 valence electrons. The van der Waals surface area contributed by atoms with Crippen molar-refractivity contribution in [3.8, 4) is 5.75 Å². The zero-order valence-corrected chi connectivity index (χ0v) is 15.1. The lowest BCUT2D eigenvalue weighted by atomic mass is 10.3. The van der Waals surface area contributed by atoms with Crippen molar-refractivity contribution < 1.29 is 13.9 Å². The van der Waals surface area contributed by atoms with Gasteiger partial charge in [-0.15, -0.1) is 0 Å². The lowest BCUT2D eigenvalue weighted by Gasteiger charge is -2.07. The van der Waals surface area contributed by atoms with Gasteiger partial charge in [-0.05, 0) is 36.4 Å². The fourth-order valence-electron chi connectivity index (χ4n) is 2.03. The Morgan fingerprint density at radius 3 is 2.84 bits per heavy atom. The largest absolute Gasteiger partial charge is 0.470 e. The zero-order chi connectivity index (χ0) is 17.8. The molecule has 0 atom stereocenters. The van der Waals surface area contributed by atoms with Gasteiger partial charge in [0, 0.05) is 10.7 Å². The van der Waals surface area contributed by atoms with Crippen LogP contribution in [0.15, 0.2) is 59.2 Å². The highest BCUT2D eigenvalue weighted by Crippen LogP contribution is 2.23. The van der Waals surface area contributed by atoms with Gasteiger partial charge in [0.2, 0.25) is 0 Å². The summed E-state index contributed by atoms with van der Waals surface area (Å²) in [6.45, 7) is 0.0870. The van der Waals surface area contributed by atoms with Crippen LogP contribution in [0.4, 0.5) is 10.1 Å². The van der Waals surface area contributed by atoms with Crippen molar-refractivity contribution in [2.75, 3.05) is 5.32 Å². The second-order valence-electron chi connectivity index (χ2n) is 5.02. The molecule has 0 aliphatic rings. The number of benzene rings is 2. The van der Waals surface area contributed by atoms with Crippen molar-refractivity contribution in [2.24, 2.45) is 0 Å². The molecule has 0 radical (unpaired) electrons. The van der Waals surface area contributed by atoms with Crippen LogP contribution in [0.1, 0.15) is 10.5 Å². The van der Waals surface area contributed by atoms with E-state index >= 15 is 0 Å². The third-order valence-electron chi connectivity index (χ3n) is 3.24. The number of carbonyl (C=O) groups excluding carboxylic acids is 1. The number of amides is 1. The minimum atomic E-state index is -0.538. The summed E-state index contributed by atoms with van der Waals surface area (Å²) in [6.07, 6.45) is 1.59. The summed E-state index contributed by atoms with van der Waals surface area (Å²) in [5.41, 5.74) is 0.222. The highest BCUT2D eigenvalue weighted by molar-refractivity contribution is 9.10. The molecule has 5 nitrogen and oxygen atoms in total. The minimum absolute atomic E-state index is 0.0788. The summed E-state index contributed by atoms with van der Waals surface area (Å²) in [5.74, 6) is -0.537. The van der Waals surface area contributed by atoms with Gasteiger partial charge in [0.15, 0.2) is 12.4 Å². The van der Waals surface area contributed by atoms with E-state index in [4.69, 9.17) is 16.3 Å². The zero-order valence-electron chi connectivity index (χ0n) is 12.7. The van der Waals surface area contributed by atoms with Gasteiger partial charge in [0.05, 0.1) is 10.7 Å². The molecular formula is C17H12BrClFN3O2. The Bertz CT molecular complexity index is 916. The highest BCUT2D eigenvalue weighted by atomic mass is 79.9. The standard InChI is InChI=1S/C17H12BrClFN3O2/c18-11-5-6-14(13(20)9-11)21-17(24)15-7-8-23(22-15)10-25-16-4-2-1-3-12(16)19/h1-9H,10H2,(H,21,24). The van der Waals surface area contributed by atoms with Crippen LogP contribution in [0.3, 0.4) is 0 Å². The fourth-order valence-corrected chi connectivity index (χ4v) is 2.55. The van der Waals surface area contributed by atoms with E-state index in [2.05, 4.69) is 26.3 Å². The third kappa shape index (κ3) is 4.37. The van der Waals surface area contributed by atoms with Crippen molar-refractivity contribution in [3.05, 3.63) is 75.7 Å². The molecule has 3 aromatic rings. The lowest BCUT2D eigenvalue weighted by Crippen LogP contribution is -2.15. The maximum absolute atomic E-state index is 13.8. The summed E-state index contributed by atoms with van der Waals surface area (Å²) in [7, 11) is 0. The first-order chi connectivity index (χ1) is 12.0. The van der Waals surface area contributed by atoms with E-state index in [1.807, 2.05) is 0 Å². The van der Waals surface area contributed by atoms with Gasteiger partial charge in [-0.2, -0.15) is 5.10 Å². The monoisotopic (exact) mass is 423 g/mol. The van der Waals surface area contributed by atoms with E-state index in [0.717, 1.165) is 0 Å². The fraction of sp³-hybridized carbons (Fsp3) is 0.0588. The average molecular weight is 425 g/mol. The predicted octanol–water partition coefficient (Wildman–Crippen LogP) is 4.73. The van der Waals surface area contributed by atoms with Crippen molar-refractivity contribution in [3.63, 3.8) is 0 Å². The average Bonchev–Trinajstić information content (AvgIpc) is 3.06. The molecule has 8 heteroatoms. The van der Waals surface area contributed by atoms with E-state index < -0.39 is 11.7 Å². The molecule has 0 aliphatic heterocycles. The number of anilines is 1. The van der Waals surface area contributed by atoms with Crippen LogP contribution in [0, 0.1) is 5.82 Å². The number of nitrogens with zero attached hydrogens (tertiary/aromatic N) is 2. The van der Waals surface area contributed by atoms with Gasteiger partial charge in [0.1, 0.15) is 11.6 Å². The van der Waals surface area contributed by atoms with E-state index in [-0.39, 0.29) is 18.1 Å². The number of nitrogens with one attached hydrogen (secondary N) is 1. The van der Waals surface area contributed by atoms with Crippen molar-refractivity contribution in [1.29, 1.82) is 0 Å². The van der Waals surface area contributed by atoms with Gasteiger partial charge >= 0.3 is 0 Å². The number of rotatable bonds is 5. The first-order valence-corrected chi connectivity index (χ1v) is 8.37. The molecule has 0 bridgehead atoms. The van der Waals surface area contributed by atoms with Gasteiger partial charge < -0.3 is 10.1 Å². The number of para-hydroxylation sites is 1. The van der Waals surface area contributed by atoms with Crippen LogP contribution < -0.4 is 10.1 Å². The van der Waals surface area contributed by atoms with Gasteiger partial charge in [-0.1, -0.05) is 39.7 Å². The summed E-state index contributed by atoms with van der Waals surface area (Å²) < 4.78 is 21.3. The SMILES string of the molecule is O=C(Nc1ccc(Br)cc1F)c1ccn(COc2ccccc2Cl)n1. The molecule has 0 spiro atoms. The molecule has 0 unspecified atom stereocenters. The predicted molar refractivity (Wildman–Crippen MR) is 96.4 cm³/mol. The van der Waals surface area contributed by atoms with Crippen molar-refractivity contribution in [1.82, 2.24) is 9.78 Å². The van der Waals surface area contributed by atoms with E-state index in [0.29, 0.717) is 15.2 Å². The third-order valence-corrected chi connectivity index (χ3v) is 4.05. The molecule has 0 saturated carbocycles. The molecular weight excluding hydrogens is 413 g/mol. The number of ether oxygens (including phenoxy) is 1. The van der Waals surface area contributed by atoms with Gasteiger partial charge in [0.25, 0.3) is 5.91 Å². The smallest absolute Gasteiger partial charge is 0.276 e. The first kappa shape index (κ1) is 17.4. The normalized spacial score (nSPS) is 10.5. The Labute approximate surface area is 156 Å². The van der Waals surface area contributed by atoms with Gasteiger partial charge in [-0.25, -0.2) is 9.07 Å². The maximum atomic E-state index is 13.8. The lowest BCUT2D eigenvalue weighted by molar-refractivity contribution is 0.101. The maximum Gasteiger partial charge on any atom is 0.276 e. The van der Waals surface area contributed by atoms with Crippen LogP contribution in [-0.2, 0) is 6.73 Å². The first-order valence-electron chi connectivity index (χ1n) is 7.20. The number of hydrogen-bond donors (Lipinski definition) is 1. The van der Waals surface area contributed by atoms with E-state index in [9.17, 15) is 9.18 Å². The Kier molecular flexibility index (Phi) is 5.35. The molecule has 0 aliphatic carbocycles. The molecule has 1 N–H and O–H groups in total. The topological polar surface area (TPSA) is 56.2 Å². The summed E-state index contributed by atoms with van der Waals surface area (Å²) >= 11 is 9.17. The summed E-state index contributed by atoms with van der Waals surface area (Å²) in [5, 5.41) is 7.07. The Balaban J connectivity index is 1.64. The molecule has 0 fully saturated rings. The van der Waals surface area contributed by atoms with E-state index in [1.54, 1.807) is 36.5 Å². The number of carbonyl (C=O) groups is 1. The molecule has 2 aromatic carbocycles. The van der Waals surface area contributed by atoms with Crippen LogP contribution in [0.5, 0.6) is 5.75 Å². The Morgan fingerprint density at radius 2 is 2.08 bits per heavy atom. The van der Waals surface area contributed by atoms with Crippen LogP contribution in [-0.4, -0.2) is 15.7 Å². The minimum Gasteiger partial charge on any atom is -0.470 e. The molecule has 3 rings (SSSR count). The van der Waals surface area contributed by atoms with E-state index in [1.165, 1.54) is 22.9 Å². The second-order valence-corrected chi connectivity index (χ2v) is 6.35. The number of aromatic nitrogens is 2. The van der Waals surface area contributed by atoms with Gasteiger partial charge in [-0.3, -0.25) is 4.79 Å². The molecule has 1 heterocycles. The summed E-state index contributed by atoms with van der Waals surface area (Å²) in [4.78, 5) is 12.2. The molecule has 1 amide bonds. The van der Waals surface area contributed by atoms with Crippen LogP contribution >= 0.6 is 27.5 Å². The number of halogens is 3. The van der Waals surface area contributed by atoms with Crippen molar-refractivity contribution >= 4 is 39.1 Å².